The van der Waals surface area contributed by atoms with Crippen LogP contribution in [0, 0.1) is 5.82 Å². The van der Waals surface area contributed by atoms with Crippen LogP contribution in [-0.4, -0.2) is 9.55 Å². The summed E-state index contributed by atoms with van der Waals surface area (Å²) in [4.78, 5) is 4.20. The van der Waals surface area contributed by atoms with Gasteiger partial charge >= 0.3 is 0 Å². The number of nitrogens with two attached hydrogens (primary N) is 1. The first-order valence-electron chi connectivity index (χ1n) is 4.79. The predicted molar refractivity (Wildman–Crippen MR) is 57.7 cm³/mol. The number of benzene rings is 1. The Labute approximate surface area is 87.4 Å². The average Bonchev–Trinajstić information content (AvgIpc) is 2.61. The maximum atomic E-state index is 12.7. The second-order valence-corrected chi connectivity index (χ2v) is 3.27. The van der Waals surface area contributed by atoms with Gasteiger partial charge in [-0.1, -0.05) is 0 Å². The summed E-state index contributed by atoms with van der Waals surface area (Å²) in [6.45, 7) is 2.77. The minimum atomic E-state index is -0.257. The molecule has 0 unspecified atom stereocenters. The van der Waals surface area contributed by atoms with E-state index in [-0.39, 0.29) is 5.82 Å². The van der Waals surface area contributed by atoms with Crippen molar-refractivity contribution in [2.45, 2.75) is 13.5 Å². The zero-order valence-electron chi connectivity index (χ0n) is 8.44. The lowest BCUT2D eigenvalue weighted by molar-refractivity contribution is 0.628. The van der Waals surface area contributed by atoms with E-state index in [0.717, 1.165) is 12.1 Å². The Morgan fingerprint density at radius 1 is 1.33 bits per heavy atom. The van der Waals surface area contributed by atoms with Crippen molar-refractivity contribution < 1.29 is 4.39 Å². The molecule has 0 aliphatic rings. The van der Waals surface area contributed by atoms with Crippen LogP contribution in [0.3, 0.4) is 0 Å². The molecule has 2 rings (SSSR count). The van der Waals surface area contributed by atoms with Crippen LogP contribution in [0.2, 0.25) is 0 Å². The Morgan fingerprint density at radius 2 is 2.00 bits per heavy atom. The van der Waals surface area contributed by atoms with E-state index in [4.69, 9.17) is 5.73 Å². The number of nitrogen functional groups attached to an aromatic ring is 1. The number of nitrogens with zero attached hydrogens (tertiary/aromatic N) is 2. The van der Waals surface area contributed by atoms with Crippen molar-refractivity contribution >= 4 is 5.82 Å². The van der Waals surface area contributed by atoms with Gasteiger partial charge in [0.2, 0.25) is 0 Å². The molecule has 0 radical (unpaired) electrons. The standard InChI is InChI=1S/C11H12FN3/c1-2-15-7-14-10(11(15)13)8-3-5-9(12)6-4-8/h3-7H,2,13H2,1H3. The van der Waals surface area contributed by atoms with E-state index in [2.05, 4.69) is 4.98 Å². The number of imidazole rings is 1. The topological polar surface area (TPSA) is 43.8 Å². The van der Waals surface area contributed by atoms with Crippen molar-refractivity contribution in [1.82, 2.24) is 9.55 Å². The summed E-state index contributed by atoms with van der Waals surface area (Å²) in [5.41, 5.74) is 7.43. The highest BCUT2D eigenvalue weighted by Crippen LogP contribution is 2.23. The van der Waals surface area contributed by atoms with Crippen molar-refractivity contribution in [3.8, 4) is 11.3 Å². The van der Waals surface area contributed by atoms with Crippen LogP contribution in [0.4, 0.5) is 10.2 Å². The Bertz CT molecular complexity index is 459. The van der Waals surface area contributed by atoms with Gasteiger partial charge in [0.1, 0.15) is 17.3 Å². The molecule has 0 aliphatic carbocycles. The Morgan fingerprint density at radius 3 is 2.53 bits per heavy atom. The summed E-state index contributed by atoms with van der Waals surface area (Å²) in [6.07, 6.45) is 1.69. The maximum Gasteiger partial charge on any atom is 0.131 e. The van der Waals surface area contributed by atoms with Gasteiger partial charge in [-0.15, -0.1) is 0 Å². The molecule has 4 heteroatoms. The molecule has 1 heterocycles. The normalized spacial score (nSPS) is 10.5. The lowest BCUT2D eigenvalue weighted by atomic mass is 10.1. The summed E-state index contributed by atoms with van der Waals surface area (Å²) in [5, 5.41) is 0. The van der Waals surface area contributed by atoms with Crippen LogP contribution < -0.4 is 5.73 Å². The van der Waals surface area contributed by atoms with Gasteiger partial charge in [0.25, 0.3) is 0 Å². The molecule has 78 valence electrons. The smallest absolute Gasteiger partial charge is 0.131 e. The van der Waals surface area contributed by atoms with Gasteiger partial charge in [-0.3, -0.25) is 0 Å². The molecule has 0 saturated heterocycles. The number of rotatable bonds is 2. The van der Waals surface area contributed by atoms with Crippen LogP contribution in [0.15, 0.2) is 30.6 Å². The van der Waals surface area contributed by atoms with E-state index in [1.807, 2.05) is 11.5 Å². The van der Waals surface area contributed by atoms with Crippen molar-refractivity contribution in [2.75, 3.05) is 5.73 Å². The third kappa shape index (κ3) is 1.70. The molecule has 0 saturated carbocycles. The molecule has 15 heavy (non-hydrogen) atoms. The SMILES string of the molecule is CCn1cnc(-c2ccc(F)cc2)c1N. The summed E-state index contributed by atoms with van der Waals surface area (Å²) in [7, 11) is 0. The first kappa shape index (κ1) is 9.71. The van der Waals surface area contributed by atoms with E-state index in [9.17, 15) is 4.39 Å². The summed E-state index contributed by atoms with van der Waals surface area (Å²) in [6, 6.07) is 6.15. The molecule has 0 amide bonds. The van der Waals surface area contributed by atoms with E-state index in [1.165, 1.54) is 12.1 Å². The minimum absolute atomic E-state index is 0.257. The van der Waals surface area contributed by atoms with Crippen molar-refractivity contribution in [1.29, 1.82) is 0 Å². The lowest BCUT2D eigenvalue weighted by Crippen LogP contribution is -1.99. The molecule has 3 nitrogen and oxygen atoms in total. The number of halogens is 1. The average molecular weight is 205 g/mol. The number of hydrogen-bond acceptors (Lipinski definition) is 2. The summed E-state index contributed by atoms with van der Waals surface area (Å²) < 4.78 is 14.6. The van der Waals surface area contributed by atoms with Crippen molar-refractivity contribution in [3.05, 3.63) is 36.4 Å². The molecular formula is C11H12FN3. The van der Waals surface area contributed by atoms with E-state index in [0.29, 0.717) is 11.5 Å². The highest BCUT2D eigenvalue weighted by molar-refractivity contribution is 5.70. The Balaban J connectivity index is 2.45. The van der Waals surface area contributed by atoms with Crippen LogP contribution in [-0.2, 0) is 6.54 Å². The number of anilines is 1. The van der Waals surface area contributed by atoms with Gasteiger partial charge in [0.05, 0.1) is 6.33 Å². The zero-order valence-corrected chi connectivity index (χ0v) is 8.44. The van der Waals surface area contributed by atoms with E-state index >= 15 is 0 Å². The molecule has 1 aromatic carbocycles. The van der Waals surface area contributed by atoms with Crippen LogP contribution in [0.25, 0.3) is 11.3 Å². The highest BCUT2D eigenvalue weighted by Gasteiger charge is 2.08. The summed E-state index contributed by atoms with van der Waals surface area (Å²) in [5.74, 6) is 0.358. The second kappa shape index (κ2) is 3.73. The fraction of sp³-hybridized carbons (Fsp3) is 0.182. The number of aryl methyl sites for hydroxylation is 1. The largest absolute Gasteiger partial charge is 0.383 e. The van der Waals surface area contributed by atoms with Gasteiger partial charge < -0.3 is 10.3 Å². The third-order valence-corrected chi connectivity index (χ3v) is 2.34. The Hall–Kier alpha value is -1.84. The van der Waals surface area contributed by atoms with Crippen LogP contribution in [0.5, 0.6) is 0 Å². The molecule has 0 atom stereocenters. The molecule has 0 aliphatic heterocycles. The third-order valence-electron chi connectivity index (χ3n) is 2.34. The minimum Gasteiger partial charge on any atom is -0.383 e. The fourth-order valence-electron chi connectivity index (χ4n) is 1.47. The molecule has 0 fully saturated rings. The quantitative estimate of drug-likeness (QED) is 0.817. The molecular weight excluding hydrogens is 193 g/mol. The Kier molecular flexibility index (Phi) is 2.41. The van der Waals surface area contributed by atoms with Gasteiger partial charge in [-0.25, -0.2) is 9.37 Å². The lowest BCUT2D eigenvalue weighted by Gasteiger charge is -2.01. The first-order chi connectivity index (χ1) is 7.22. The van der Waals surface area contributed by atoms with E-state index in [1.54, 1.807) is 18.5 Å². The van der Waals surface area contributed by atoms with Gasteiger partial charge in [0.15, 0.2) is 0 Å². The molecule has 1 aromatic heterocycles. The first-order valence-corrected chi connectivity index (χ1v) is 4.79. The number of aromatic nitrogens is 2. The summed E-state index contributed by atoms with van der Waals surface area (Å²) >= 11 is 0. The van der Waals surface area contributed by atoms with E-state index < -0.39 is 0 Å². The molecule has 0 bridgehead atoms. The monoisotopic (exact) mass is 205 g/mol. The predicted octanol–water partition coefficient (Wildman–Crippen LogP) is 2.29. The fourth-order valence-corrected chi connectivity index (χ4v) is 1.47. The molecule has 2 aromatic rings. The van der Waals surface area contributed by atoms with Crippen molar-refractivity contribution in [3.63, 3.8) is 0 Å². The van der Waals surface area contributed by atoms with Crippen molar-refractivity contribution in [2.24, 2.45) is 0 Å². The second-order valence-electron chi connectivity index (χ2n) is 3.27. The highest BCUT2D eigenvalue weighted by atomic mass is 19.1. The van der Waals surface area contributed by atoms with Gasteiger partial charge in [-0.2, -0.15) is 0 Å². The van der Waals surface area contributed by atoms with Crippen LogP contribution >= 0.6 is 0 Å². The maximum absolute atomic E-state index is 12.7. The van der Waals surface area contributed by atoms with Crippen LogP contribution in [0.1, 0.15) is 6.92 Å². The number of hydrogen-bond donors (Lipinski definition) is 1. The zero-order chi connectivity index (χ0) is 10.8. The molecule has 0 spiro atoms. The molecule has 2 N–H and O–H groups in total. The van der Waals surface area contributed by atoms with Gasteiger partial charge in [0, 0.05) is 12.1 Å². The van der Waals surface area contributed by atoms with Gasteiger partial charge in [-0.05, 0) is 31.2 Å².